The van der Waals surface area contributed by atoms with Crippen molar-refractivity contribution in [1.29, 1.82) is 0 Å². The van der Waals surface area contributed by atoms with Crippen LogP contribution in [0.3, 0.4) is 0 Å². The Morgan fingerprint density at radius 3 is 2.57 bits per heavy atom. The van der Waals surface area contributed by atoms with Gasteiger partial charge in [0.2, 0.25) is 0 Å². The Balaban J connectivity index is 2.15. The Morgan fingerprint density at radius 1 is 1.05 bits per heavy atom. The summed E-state index contributed by atoms with van der Waals surface area (Å²) in [6.45, 7) is 3.73. The van der Waals surface area contributed by atoms with Crippen molar-refractivity contribution >= 4 is 22.5 Å². The third kappa shape index (κ3) is 2.53. The molecule has 0 spiro atoms. The lowest BCUT2D eigenvalue weighted by Crippen LogP contribution is -2.23. The minimum Gasteiger partial charge on any atom is -0.381 e. The summed E-state index contributed by atoms with van der Waals surface area (Å²) in [6.07, 6.45) is 0. The maximum atomic E-state index is 10.9. The van der Waals surface area contributed by atoms with Gasteiger partial charge >= 0.3 is 0 Å². The molecule has 2 aromatic carbocycles. The van der Waals surface area contributed by atoms with Crippen molar-refractivity contribution in [3.05, 3.63) is 76.4 Å². The summed E-state index contributed by atoms with van der Waals surface area (Å²) in [6, 6.07) is 17.2. The van der Waals surface area contributed by atoms with Gasteiger partial charge in [0.15, 0.2) is 0 Å². The molecule has 1 unspecified atom stereocenters. The molecule has 106 valence electrons. The van der Waals surface area contributed by atoms with Crippen molar-refractivity contribution in [2.75, 3.05) is 0 Å². The van der Waals surface area contributed by atoms with Gasteiger partial charge in [0.25, 0.3) is 0 Å². The van der Waals surface area contributed by atoms with E-state index in [1.54, 1.807) is 13.0 Å². The molecular weight excluding hydrogens is 282 g/mol. The van der Waals surface area contributed by atoms with Crippen LogP contribution in [-0.2, 0) is 5.60 Å². The van der Waals surface area contributed by atoms with Crippen LogP contribution in [0.2, 0.25) is 5.02 Å². The lowest BCUT2D eigenvalue weighted by atomic mass is 9.87. The zero-order valence-electron chi connectivity index (χ0n) is 12.0. The number of nitrogens with zero attached hydrogens (tertiary/aromatic N) is 1. The Kier molecular flexibility index (Phi) is 3.44. The van der Waals surface area contributed by atoms with Crippen LogP contribution in [0.4, 0.5) is 0 Å². The van der Waals surface area contributed by atoms with Gasteiger partial charge in [-0.15, -0.1) is 0 Å². The first-order valence-corrected chi connectivity index (χ1v) is 7.21. The molecule has 0 saturated carbocycles. The van der Waals surface area contributed by atoms with Crippen molar-refractivity contribution in [3.8, 4) is 0 Å². The second-order valence-corrected chi connectivity index (χ2v) is 5.82. The normalized spacial score (nSPS) is 14.1. The van der Waals surface area contributed by atoms with Gasteiger partial charge in [0.1, 0.15) is 5.60 Å². The number of rotatable bonds is 2. The van der Waals surface area contributed by atoms with Gasteiger partial charge in [0.05, 0.1) is 5.52 Å². The van der Waals surface area contributed by atoms with Gasteiger partial charge in [0, 0.05) is 21.7 Å². The average molecular weight is 298 g/mol. The second kappa shape index (κ2) is 5.14. The van der Waals surface area contributed by atoms with Crippen molar-refractivity contribution in [3.63, 3.8) is 0 Å². The number of benzene rings is 2. The van der Waals surface area contributed by atoms with Crippen LogP contribution in [-0.4, -0.2) is 10.1 Å². The van der Waals surface area contributed by atoms with Gasteiger partial charge in [-0.1, -0.05) is 41.9 Å². The summed E-state index contributed by atoms with van der Waals surface area (Å²) in [5.74, 6) is 0. The topological polar surface area (TPSA) is 33.1 Å². The second-order valence-electron chi connectivity index (χ2n) is 5.41. The standard InChI is InChI=1S/C18H16ClNO/c1-12-7-8-13-11-14(9-10-17(13)20-12)18(2,21)15-5-3-4-6-16(15)19/h3-11,21H,1-2H3. The molecule has 3 aromatic rings. The number of pyridine rings is 1. The van der Waals surface area contributed by atoms with Gasteiger partial charge < -0.3 is 5.11 Å². The van der Waals surface area contributed by atoms with E-state index in [1.807, 2.05) is 55.5 Å². The summed E-state index contributed by atoms with van der Waals surface area (Å²) in [5.41, 5.74) is 2.26. The molecule has 0 aliphatic rings. The van der Waals surface area contributed by atoms with Gasteiger partial charge in [-0.05, 0) is 43.7 Å². The molecule has 0 amide bonds. The summed E-state index contributed by atoms with van der Waals surface area (Å²) in [5, 5.41) is 12.5. The van der Waals surface area contributed by atoms with Crippen LogP contribution in [0.15, 0.2) is 54.6 Å². The summed E-state index contributed by atoms with van der Waals surface area (Å²) in [7, 11) is 0. The fourth-order valence-electron chi connectivity index (χ4n) is 2.54. The van der Waals surface area contributed by atoms with Crippen LogP contribution in [0.5, 0.6) is 0 Å². The molecule has 0 aliphatic heterocycles. The molecule has 21 heavy (non-hydrogen) atoms. The summed E-state index contributed by atoms with van der Waals surface area (Å²) in [4.78, 5) is 4.48. The zero-order chi connectivity index (χ0) is 15.0. The molecule has 1 atom stereocenters. The number of aromatic nitrogens is 1. The Morgan fingerprint density at radius 2 is 1.81 bits per heavy atom. The lowest BCUT2D eigenvalue weighted by Gasteiger charge is -2.26. The molecule has 1 heterocycles. The number of aliphatic hydroxyl groups is 1. The van der Waals surface area contributed by atoms with Crippen LogP contribution in [0, 0.1) is 6.92 Å². The Bertz CT molecular complexity index is 811. The highest BCUT2D eigenvalue weighted by atomic mass is 35.5. The van der Waals surface area contributed by atoms with Crippen LogP contribution >= 0.6 is 11.6 Å². The van der Waals surface area contributed by atoms with Crippen LogP contribution < -0.4 is 0 Å². The monoisotopic (exact) mass is 297 g/mol. The fourth-order valence-corrected chi connectivity index (χ4v) is 2.86. The minimum atomic E-state index is -1.14. The van der Waals surface area contributed by atoms with E-state index < -0.39 is 5.60 Å². The van der Waals surface area contributed by atoms with Gasteiger partial charge in [-0.25, -0.2) is 0 Å². The molecule has 0 fully saturated rings. The van der Waals surface area contributed by atoms with E-state index in [4.69, 9.17) is 11.6 Å². The number of fused-ring (bicyclic) bond motifs is 1. The highest BCUT2D eigenvalue weighted by Gasteiger charge is 2.27. The molecular formula is C18H16ClNO. The maximum Gasteiger partial charge on any atom is 0.113 e. The first-order chi connectivity index (χ1) is 9.98. The smallest absolute Gasteiger partial charge is 0.113 e. The third-order valence-electron chi connectivity index (χ3n) is 3.79. The predicted octanol–water partition coefficient (Wildman–Crippen LogP) is 4.45. The SMILES string of the molecule is Cc1ccc2cc(C(C)(O)c3ccccc3Cl)ccc2n1. The Labute approximate surface area is 129 Å². The largest absolute Gasteiger partial charge is 0.381 e. The number of hydrogen-bond donors (Lipinski definition) is 1. The summed E-state index contributed by atoms with van der Waals surface area (Å²) >= 11 is 6.23. The molecule has 0 bridgehead atoms. The average Bonchev–Trinajstić information content (AvgIpc) is 2.47. The highest BCUT2D eigenvalue weighted by Crippen LogP contribution is 2.34. The highest BCUT2D eigenvalue weighted by molar-refractivity contribution is 6.31. The van der Waals surface area contributed by atoms with Crippen LogP contribution in [0.1, 0.15) is 23.7 Å². The van der Waals surface area contributed by atoms with E-state index in [1.165, 1.54) is 0 Å². The van der Waals surface area contributed by atoms with E-state index in [0.29, 0.717) is 10.6 Å². The third-order valence-corrected chi connectivity index (χ3v) is 4.12. The molecule has 0 aliphatic carbocycles. The molecule has 1 aromatic heterocycles. The van der Waals surface area contributed by atoms with Crippen molar-refractivity contribution in [1.82, 2.24) is 4.98 Å². The van der Waals surface area contributed by atoms with Crippen molar-refractivity contribution in [2.24, 2.45) is 0 Å². The van der Waals surface area contributed by atoms with E-state index in [9.17, 15) is 5.11 Å². The molecule has 3 rings (SSSR count). The van der Waals surface area contributed by atoms with Crippen molar-refractivity contribution in [2.45, 2.75) is 19.4 Å². The van der Waals surface area contributed by atoms with E-state index in [-0.39, 0.29) is 0 Å². The molecule has 2 nitrogen and oxygen atoms in total. The fraction of sp³-hybridized carbons (Fsp3) is 0.167. The molecule has 0 radical (unpaired) electrons. The van der Waals surface area contributed by atoms with Gasteiger partial charge in [-0.2, -0.15) is 0 Å². The number of aryl methyl sites for hydroxylation is 1. The first-order valence-electron chi connectivity index (χ1n) is 6.84. The van der Waals surface area contributed by atoms with Crippen molar-refractivity contribution < 1.29 is 5.11 Å². The number of hydrogen-bond acceptors (Lipinski definition) is 2. The Hall–Kier alpha value is -1.90. The minimum absolute atomic E-state index is 0.560. The van der Waals surface area contributed by atoms with E-state index >= 15 is 0 Å². The predicted molar refractivity (Wildman–Crippen MR) is 86.6 cm³/mol. The molecule has 3 heteroatoms. The molecule has 0 saturated heterocycles. The van der Waals surface area contributed by atoms with E-state index in [2.05, 4.69) is 4.98 Å². The first kappa shape index (κ1) is 14.1. The lowest BCUT2D eigenvalue weighted by molar-refractivity contribution is 0.102. The van der Waals surface area contributed by atoms with Crippen LogP contribution in [0.25, 0.3) is 10.9 Å². The quantitative estimate of drug-likeness (QED) is 0.758. The zero-order valence-corrected chi connectivity index (χ0v) is 12.7. The molecule has 1 N–H and O–H groups in total. The summed E-state index contributed by atoms with van der Waals surface area (Å²) < 4.78 is 0. The maximum absolute atomic E-state index is 10.9. The van der Waals surface area contributed by atoms with Gasteiger partial charge in [-0.3, -0.25) is 4.98 Å². The van der Waals surface area contributed by atoms with E-state index in [0.717, 1.165) is 22.2 Å². The number of halogens is 1.